The number of rotatable bonds is 4. The van der Waals surface area contributed by atoms with Gasteiger partial charge in [0.1, 0.15) is 23.8 Å². The summed E-state index contributed by atoms with van der Waals surface area (Å²) < 4.78 is 14.1. The molecule has 2 aromatic heterocycles. The van der Waals surface area contributed by atoms with Crippen molar-refractivity contribution in [3.05, 3.63) is 58.2 Å². The third kappa shape index (κ3) is 3.26. The van der Waals surface area contributed by atoms with Gasteiger partial charge in [-0.15, -0.1) is 11.3 Å². The van der Waals surface area contributed by atoms with Crippen LogP contribution < -0.4 is 4.74 Å². The van der Waals surface area contributed by atoms with Crippen molar-refractivity contribution in [1.29, 1.82) is 0 Å². The molecule has 0 radical (unpaired) electrons. The van der Waals surface area contributed by atoms with Crippen LogP contribution in [0.2, 0.25) is 0 Å². The first-order valence-corrected chi connectivity index (χ1v) is 10.6. The summed E-state index contributed by atoms with van der Waals surface area (Å²) >= 11 is 1.89. The smallest absolute Gasteiger partial charge is 0.135 e. The maximum atomic E-state index is 6.37. The summed E-state index contributed by atoms with van der Waals surface area (Å²) in [4.78, 5) is 9.96. The lowest BCUT2D eigenvalue weighted by Gasteiger charge is -2.35. The molecule has 2 aliphatic heterocycles. The Kier molecular flexibility index (Phi) is 4.50. The molecule has 0 amide bonds. The fraction of sp³-hybridized carbons (Fsp3) is 0.409. The monoisotopic (exact) mass is 395 g/mol. The average Bonchev–Trinajstić information content (AvgIpc) is 3.41. The second kappa shape index (κ2) is 7.03. The quantitative estimate of drug-likeness (QED) is 0.667. The molecule has 146 valence electrons. The van der Waals surface area contributed by atoms with E-state index in [9.17, 15) is 0 Å². The van der Waals surface area contributed by atoms with E-state index in [1.54, 1.807) is 7.11 Å². The molecule has 1 saturated heterocycles. The van der Waals surface area contributed by atoms with Crippen LogP contribution in [0.4, 0.5) is 0 Å². The number of hydrogen-bond donors (Lipinski definition) is 0. The Labute approximate surface area is 169 Å². The van der Waals surface area contributed by atoms with Crippen molar-refractivity contribution in [1.82, 2.24) is 14.5 Å². The number of hydrogen-bond acceptors (Lipinski definition) is 5. The van der Waals surface area contributed by atoms with Gasteiger partial charge in [-0.25, -0.2) is 4.98 Å². The molecule has 0 bridgehead atoms. The van der Waals surface area contributed by atoms with Crippen LogP contribution in [0.25, 0.3) is 11.3 Å². The zero-order valence-electron chi connectivity index (χ0n) is 16.4. The summed E-state index contributed by atoms with van der Waals surface area (Å²) in [6.07, 6.45) is 3.03. The third-order valence-electron chi connectivity index (χ3n) is 5.83. The first kappa shape index (κ1) is 17.9. The van der Waals surface area contributed by atoms with Crippen molar-refractivity contribution in [3.63, 3.8) is 0 Å². The maximum Gasteiger partial charge on any atom is 0.135 e. The molecule has 5 nitrogen and oxygen atoms in total. The highest BCUT2D eigenvalue weighted by atomic mass is 32.1. The number of imidazole rings is 1. The molecular weight excluding hydrogens is 370 g/mol. The van der Waals surface area contributed by atoms with Crippen molar-refractivity contribution < 1.29 is 9.47 Å². The van der Waals surface area contributed by atoms with E-state index in [4.69, 9.17) is 9.47 Å². The minimum absolute atomic E-state index is 0.117. The molecule has 1 aromatic carbocycles. The van der Waals surface area contributed by atoms with Crippen LogP contribution >= 0.6 is 11.3 Å². The van der Waals surface area contributed by atoms with E-state index in [0.717, 1.165) is 55.4 Å². The minimum atomic E-state index is -0.117. The van der Waals surface area contributed by atoms with Crippen molar-refractivity contribution in [2.75, 3.05) is 20.2 Å². The first-order valence-electron chi connectivity index (χ1n) is 9.75. The number of thiophene rings is 1. The summed E-state index contributed by atoms with van der Waals surface area (Å²) in [5.41, 5.74) is 2.16. The summed E-state index contributed by atoms with van der Waals surface area (Å²) in [5, 5.41) is 0. The molecule has 1 spiro atoms. The van der Waals surface area contributed by atoms with Crippen LogP contribution in [-0.2, 0) is 24.4 Å². The largest absolute Gasteiger partial charge is 0.497 e. The molecule has 1 fully saturated rings. The molecule has 28 heavy (non-hydrogen) atoms. The Morgan fingerprint density at radius 2 is 2.18 bits per heavy atom. The van der Waals surface area contributed by atoms with Gasteiger partial charge in [0, 0.05) is 35.0 Å². The van der Waals surface area contributed by atoms with Crippen LogP contribution in [0.5, 0.6) is 5.75 Å². The van der Waals surface area contributed by atoms with Gasteiger partial charge < -0.3 is 14.0 Å². The molecule has 1 atom stereocenters. The molecular formula is C22H25N3O2S. The van der Waals surface area contributed by atoms with Gasteiger partial charge in [0.05, 0.1) is 25.5 Å². The topological polar surface area (TPSA) is 39.5 Å². The number of aromatic nitrogens is 2. The Morgan fingerprint density at radius 1 is 1.25 bits per heavy atom. The van der Waals surface area contributed by atoms with E-state index in [-0.39, 0.29) is 5.60 Å². The predicted octanol–water partition coefficient (Wildman–Crippen LogP) is 4.10. The SMILES string of the molecule is COc1cccc(-c2cnc3n2CC2(CCN(Cc4ccc(C)s4)C2)OC3)c1. The Morgan fingerprint density at radius 3 is 3.00 bits per heavy atom. The van der Waals surface area contributed by atoms with E-state index in [1.807, 2.05) is 29.7 Å². The third-order valence-corrected chi connectivity index (χ3v) is 6.81. The number of benzene rings is 1. The van der Waals surface area contributed by atoms with Crippen molar-refractivity contribution >= 4 is 11.3 Å². The second-order valence-corrected chi connectivity index (χ2v) is 9.19. The number of methoxy groups -OCH3 is 1. The van der Waals surface area contributed by atoms with Gasteiger partial charge >= 0.3 is 0 Å². The van der Waals surface area contributed by atoms with Gasteiger partial charge in [-0.3, -0.25) is 4.90 Å². The molecule has 0 N–H and O–H groups in total. The number of likely N-dealkylation sites (tertiary alicyclic amines) is 1. The Bertz CT molecular complexity index is 995. The predicted molar refractivity (Wildman–Crippen MR) is 111 cm³/mol. The van der Waals surface area contributed by atoms with Gasteiger partial charge in [0.25, 0.3) is 0 Å². The normalized spacial score (nSPS) is 21.9. The highest BCUT2D eigenvalue weighted by Crippen LogP contribution is 2.36. The van der Waals surface area contributed by atoms with Crippen LogP contribution in [0.1, 0.15) is 22.0 Å². The maximum absolute atomic E-state index is 6.37. The molecule has 4 heterocycles. The summed E-state index contributed by atoms with van der Waals surface area (Å²) in [5.74, 6) is 1.88. The van der Waals surface area contributed by atoms with Crippen LogP contribution in [0, 0.1) is 6.92 Å². The number of fused-ring (bicyclic) bond motifs is 1. The lowest BCUT2D eigenvalue weighted by Crippen LogP contribution is -2.44. The average molecular weight is 396 g/mol. The van der Waals surface area contributed by atoms with Gasteiger partial charge in [-0.1, -0.05) is 12.1 Å². The fourth-order valence-corrected chi connectivity index (χ4v) is 5.30. The number of ether oxygens (including phenoxy) is 2. The van der Waals surface area contributed by atoms with E-state index < -0.39 is 0 Å². The fourth-order valence-electron chi connectivity index (χ4n) is 4.37. The molecule has 3 aromatic rings. The van der Waals surface area contributed by atoms with E-state index in [1.165, 1.54) is 9.75 Å². The van der Waals surface area contributed by atoms with Gasteiger partial charge in [0.15, 0.2) is 0 Å². The van der Waals surface area contributed by atoms with Crippen LogP contribution in [-0.4, -0.2) is 40.3 Å². The minimum Gasteiger partial charge on any atom is -0.497 e. The molecule has 2 aliphatic rings. The standard InChI is InChI=1S/C22H25N3O2S/c1-16-6-7-19(28-16)12-24-9-8-22(14-24)15-25-20(11-23-21(25)13-27-22)17-4-3-5-18(10-17)26-2/h3-7,10-11H,8-9,12-15H2,1-2H3. The lowest BCUT2D eigenvalue weighted by molar-refractivity contribution is -0.0821. The van der Waals surface area contributed by atoms with E-state index in [2.05, 4.69) is 45.6 Å². The van der Waals surface area contributed by atoms with Gasteiger partial charge in [-0.2, -0.15) is 0 Å². The summed E-state index contributed by atoms with van der Waals surface area (Å²) in [7, 11) is 1.70. The molecule has 1 unspecified atom stereocenters. The molecule has 0 saturated carbocycles. The van der Waals surface area contributed by atoms with Crippen molar-refractivity contribution in [2.24, 2.45) is 0 Å². The number of aryl methyl sites for hydroxylation is 1. The van der Waals surface area contributed by atoms with Gasteiger partial charge in [0.2, 0.25) is 0 Å². The first-order chi connectivity index (χ1) is 13.6. The van der Waals surface area contributed by atoms with E-state index >= 15 is 0 Å². The van der Waals surface area contributed by atoms with E-state index in [0.29, 0.717) is 6.61 Å². The van der Waals surface area contributed by atoms with Crippen LogP contribution in [0.3, 0.4) is 0 Å². The lowest BCUT2D eigenvalue weighted by atomic mass is 10.0. The van der Waals surface area contributed by atoms with Crippen molar-refractivity contribution in [2.45, 2.75) is 38.6 Å². The highest BCUT2D eigenvalue weighted by Gasteiger charge is 2.43. The molecule has 6 heteroatoms. The Balaban J connectivity index is 1.37. The van der Waals surface area contributed by atoms with Gasteiger partial charge in [-0.05, 0) is 37.6 Å². The van der Waals surface area contributed by atoms with Crippen molar-refractivity contribution in [3.8, 4) is 17.0 Å². The highest BCUT2D eigenvalue weighted by molar-refractivity contribution is 7.11. The summed E-state index contributed by atoms with van der Waals surface area (Å²) in [6, 6.07) is 12.7. The number of nitrogens with zero attached hydrogens (tertiary/aromatic N) is 3. The Hall–Kier alpha value is -2.15. The zero-order chi connectivity index (χ0) is 19.1. The van der Waals surface area contributed by atoms with Crippen LogP contribution in [0.15, 0.2) is 42.6 Å². The second-order valence-electron chi connectivity index (χ2n) is 7.82. The zero-order valence-corrected chi connectivity index (χ0v) is 17.2. The molecule has 5 rings (SSSR count). The summed E-state index contributed by atoms with van der Waals surface area (Å²) in [6.45, 7) is 6.67. The molecule has 0 aliphatic carbocycles.